The number of aromatic nitrogens is 1. The fourth-order valence-electron chi connectivity index (χ4n) is 3.09. The van der Waals surface area contributed by atoms with Crippen molar-refractivity contribution in [1.29, 1.82) is 0 Å². The largest absolute Gasteiger partial charge is 0.497 e. The third-order valence-electron chi connectivity index (χ3n) is 4.71. The summed E-state index contributed by atoms with van der Waals surface area (Å²) in [5.74, 6) is 1.06. The molecule has 1 aliphatic heterocycles. The predicted octanol–water partition coefficient (Wildman–Crippen LogP) is 2.37. The number of amides is 2. The standard InChI is InChI=1S/C20H23N3O3/c1-26-18-6-4-16(5-7-18)19(24)22-13-15-8-11-23(12-9-15)20(25)17-3-2-10-21-14-17/h2-7,10,14-15H,8-9,11-13H2,1H3,(H,22,24). The summed E-state index contributed by atoms with van der Waals surface area (Å²) in [5.41, 5.74) is 1.24. The molecule has 0 bridgehead atoms. The molecule has 0 atom stereocenters. The Hall–Kier alpha value is -2.89. The number of likely N-dealkylation sites (tertiary alicyclic amines) is 1. The molecule has 136 valence electrons. The number of carbonyl (C=O) groups is 2. The van der Waals surface area contributed by atoms with E-state index < -0.39 is 0 Å². The molecule has 1 fully saturated rings. The van der Waals surface area contributed by atoms with Gasteiger partial charge in [0.05, 0.1) is 12.7 Å². The van der Waals surface area contributed by atoms with Crippen molar-refractivity contribution in [2.24, 2.45) is 5.92 Å². The predicted molar refractivity (Wildman–Crippen MR) is 98.2 cm³/mol. The highest BCUT2D eigenvalue weighted by Crippen LogP contribution is 2.18. The van der Waals surface area contributed by atoms with Gasteiger partial charge in [0.25, 0.3) is 11.8 Å². The zero-order valence-electron chi connectivity index (χ0n) is 14.9. The van der Waals surface area contributed by atoms with E-state index in [9.17, 15) is 9.59 Å². The maximum Gasteiger partial charge on any atom is 0.255 e. The minimum Gasteiger partial charge on any atom is -0.497 e. The van der Waals surface area contributed by atoms with Crippen molar-refractivity contribution < 1.29 is 14.3 Å². The lowest BCUT2D eigenvalue weighted by Gasteiger charge is -2.32. The van der Waals surface area contributed by atoms with Gasteiger partial charge in [-0.05, 0) is 55.2 Å². The first-order valence-corrected chi connectivity index (χ1v) is 8.79. The van der Waals surface area contributed by atoms with Crippen LogP contribution in [-0.4, -0.2) is 48.4 Å². The van der Waals surface area contributed by atoms with Crippen LogP contribution >= 0.6 is 0 Å². The monoisotopic (exact) mass is 353 g/mol. The number of nitrogens with one attached hydrogen (secondary N) is 1. The Morgan fingerprint density at radius 1 is 1.15 bits per heavy atom. The Labute approximate surface area is 153 Å². The molecule has 2 amide bonds. The average molecular weight is 353 g/mol. The van der Waals surface area contributed by atoms with Crippen LogP contribution in [0.3, 0.4) is 0 Å². The first kappa shape index (κ1) is 17.9. The van der Waals surface area contributed by atoms with Crippen molar-refractivity contribution >= 4 is 11.8 Å². The molecule has 2 aromatic rings. The van der Waals surface area contributed by atoms with Crippen molar-refractivity contribution in [3.63, 3.8) is 0 Å². The highest BCUT2D eigenvalue weighted by atomic mass is 16.5. The molecule has 1 saturated heterocycles. The summed E-state index contributed by atoms with van der Waals surface area (Å²) >= 11 is 0. The van der Waals surface area contributed by atoms with Crippen LogP contribution in [0.5, 0.6) is 5.75 Å². The lowest BCUT2D eigenvalue weighted by atomic mass is 9.96. The van der Waals surface area contributed by atoms with Crippen LogP contribution in [0.2, 0.25) is 0 Å². The molecule has 26 heavy (non-hydrogen) atoms. The molecule has 6 heteroatoms. The van der Waals surface area contributed by atoms with E-state index in [0.717, 1.165) is 18.6 Å². The molecule has 0 saturated carbocycles. The molecule has 3 rings (SSSR count). The highest BCUT2D eigenvalue weighted by molar-refractivity contribution is 5.94. The van der Waals surface area contributed by atoms with Crippen LogP contribution in [0, 0.1) is 5.92 Å². The molecule has 1 aromatic carbocycles. The molecule has 0 unspecified atom stereocenters. The fourth-order valence-corrected chi connectivity index (χ4v) is 3.09. The van der Waals surface area contributed by atoms with Crippen LogP contribution in [-0.2, 0) is 0 Å². The molecule has 0 spiro atoms. The van der Waals surface area contributed by atoms with Crippen molar-refractivity contribution in [2.45, 2.75) is 12.8 Å². The first-order valence-electron chi connectivity index (χ1n) is 8.79. The van der Waals surface area contributed by atoms with Crippen LogP contribution < -0.4 is 10.1 Å². The summed E-state index contributed by atoms with van der Waals surface area (Å²) in [7, 11) is 1.60. The van der Waals surface area contributed by atoms with Crippen molar-refractivity contribution in [3.05, 3.63) is 59.9 Å². The van der Waals surface area contributed by atoms with E-state index in [1.165, 1.54) is 0 Å². The van der Waals surface area contributed by atoms with Crippen LogP contribution in [0.25, 0.3) is 0 Å². The third-order valence-corrected chi connectivity index (χ3v) is 4.71. The summed E-state index contributed by atoms with van der Waals surface area (Å²) in [6, 6.07) is 10.6. The van der Waals surface area contributed by atoms with E-state index in [0.29, 0.717) is 36.7 Å². The molecular formula is C20H23N3O3. The molecule has 1 aliphatic rings. The van der Waals surface area contributed by atoms with Crippen LogP contribution in [0.1, 0.15) is 33.6 Å². The van der Waals surface area contributed by atoms with E-state index >= 15 is 0 Å². The molecule has 0 aliphatic carbocycles. The smallest absolute Gasteiger partial charge is 0.255 e. The second kappa shape index (κ2) is 8.47. The van der Waals surface area contributed by atoms with Crippen molar-refractivity contribution in [2.75, 3.05) is 26.7 Å². The van der Waals surface area contributed by atoms with E-state index in [4.69, 9.17) is 4.74 Å². The molecule has 1 aromatic heterocycles. The maximum atomic E-state index is 12.4. The van der Waals surface area contributed by atoms with Gasteiger partial charge >= 0.3 is 0 Å². The fraction of sp³-hybridized carbons (Fsp3) is 0.350. The molecule has 0 radical (unpaired) electrons. The van der Waals surface area contributed by atoms with Gasteiger partial charge in [-0.15, -0.1) is 0 Å². The Bertz CT molecular complexity index is 739. The molecular weight excluding hydrogens is 330 g/mol. The van der Waals surface area contributed by atoms with Crippen molar-refractivity contribution in [3.8, 4) is 5.75 Å². The summed E-state index contributed by atoms with van der Waals surface area (Å²) in [6.07, 6.45) is 5.03. The number of pyridine rings is 1. The second-order valence-electron chi connectivity index (χ2n) is 6.42. The number of methoxy groups -OCH3 is 1. The Morgan fingerprint density at radius 3 is 2.50 bits per heavy atom. The van der Waals surface area contributed by atoms with Gasteiger partial charge in [0.2, 0.25) is 0 Å². The Kier molecular flexibility index (Phi) is 5.84. The summed E-state index contributed by atoms with van der Waals surface area (Å²) in [5, 5.41) is 2.99. The minimum absolute atomic E-state index is 0.0267. The summed E-state index contributed by atoms with van der Waals surface area (Å²) in [6.45, 7) is 2.04. The number of carbonyl (C=O) groups excluding carboxylic acids is 2. The minimum atomic E-state index is -0.0819. The van der Waals surface area contributed by atoms with E-state index in [-0.39, 0.29) is 11.8 Å². The average Bonchev–Trinajstić information content (AvgIpc) is 2.72. The lowest BCUT2D eigenvalue weighted by molar-refractivity contribution is 0.0684. The number of nitrogens with zero attached hydrogens (tertiary/aromatic N) is 2. The number of piperidine rings is 1. The van der Waals surface area contributed by atoms with Gasteiger partial charge in [-0.3, -0.25) is 14.6 Å². The highest BCUT2D eigenvalue weighted by Gasteiger charge is 2.24. The quantitative estimate of drug-likeness (QED) is 0.896. The Morgan fingerprint density at radius 2 is 1.88 bits per heavy atom. The van der Waals surface area contributed by atoms with Gasteiger partial charge in [-0.2, -0.15) is 0 Å². The topological polar surface area (TPSA) is 71.5 Å². The summed E-state index contributed by atoms with van der Waals surface area (Å²) in [4.78, 5) is 30.5. The third kappa shape index (κ3) is 4.39. The number of benzene rings is 1. The number of ether oxygens (including phenoxy) is 1. The van der Waals surface area contributed by atoms with Crippen LogP contribution in [0.4, 0.5) is 0 Å². The number of hydrogen-bond donors (Lipinski definition) is 1. The van der Waals surface area contributed by atoms with Gasteiger partial charge in [-0.1, -0.05) is 0 Å². The first-order chi connectivity index (χ1) is 12.7. The van der Waals surface area contributed by atoms with Crippen LogP contribution in [0.15, 0.2) is 48.8 Å². The van der Waals surface area contributed by atoms with E-state index in [1.807, 2.05) is 4.90 Å². The SMILES string of the molecule is COc1ccc(C(=O)NCC2CCN(C(=O)c3cccnc3)CC2)cc1. The van der Waals surface area contributed by atoms with Crippen molar-refractivity contribution in [1.82, 2.24) is 15.2 Å². The molecule has 1 N–H and O–H groups in total. The molecule has 6 nitrogen and oxygen atoms in total. The maximum absolute atomic E-state index is 12.4. The zero-order valence-corrected chi connectivity index (χ0v) is 14.9. The van der Waals surface area contributed by atoms with Gasteiger partial charge in [-0.25, -0.2) is 0 Å². The van der Waals surface area contributed by atoms with Gasteiger partial charge < -0.3 is 15.0 Å². The van der Waals surface area contributed by atoms with Gasteiger partial charge in [0, 0.05) is 37.6 Å². The van der Waals surface area contributed by atoms with E-state index in [1.54, 1.807) is 55.9 Å². The number of hydrogen-bond acceptors (Lipinski definition) is 4. The number of rotatable bonds is 5. The lowest BCUT2D eigenvalue weighted by Crippen LogP contribution is -2.41. The normalized spacial score (nSPS) is 14.7. The summed E-state index contributed by atoms with van der Waals surface area (Å²) < 4.78 is 5.10. The zero-order chi connectivity index (χ0) is 18.4. The van der Waals surface area contributed by atoms with Gasteiger partial charge in [0.15, 0.2) is 0 Å². The second-order valence-corrected chi connectivity index (χ2v) is 6.42. The van der Waals surface area contributed by atoms with Gasteiger partial charge in [0.1, 0.15) is 5.75 Å². The molecule has 2 heterocycles. The Balaban J connectivity index is 1.45. The van der Waals surface area contributed by atoms with E-state index in [2.05, 4.69) is 10.3 Å².